The summed E-state index contributed by atoms with van der Waals surface area (Å²) < 4.78 is 0. The van der Waals surface area contributed by atoms with Crippen molar-refractivity contribution < 1.29 is 19.2 Å². The number of benzene rings is 1. The number of carbonyl (C=O) groups is 4. The van der Waals surface area contributed by atoms with Crippen molar-refractivity contribution in [2.24, 2.45) is 5.73 Å². The van der Waals surface area contributed by atoms with Gasteiger partial charge < -0.3 is 11.1 Å². The Balaban J connectivity index is 1.43. The first-order chi connectivity index (χ1) is 14.4. The molecule has 30 heavy (non-hydrogen) atoms. The summed E-state index contributed by atoms with van der Waals surface area (Å²) in [6.45, 7) is 1.26. The highest BCUT2D eigenvalue weighted by Crippen LogP contribution is 2.28. The first-order valence-corrected chi connectivity index (χ1v) is 10.7. The SMILES string of the molecule is NC1(CNCc2ccc3c(c2)C(=O)N(C2CCC(=O)NC2=O)C3=O)CCCCCC1. The lowest BCUT2D eigenvalue weighted by Gasteiger charge is -2.28. The molecule has 0 radical (unpaired) electrons. The molecule has 2 fully saturated rings. The van der Waals surface area contributed by atoms with Crippen LogP contribution in [-0.4, -0.2) is 46.7 Å². The fourth-order valence-electron chi connectivity index (χ4n) is 4.69. The van der Waals surface area contributed by atoms with Crippen molar-refractivity contribution in [3.8, 4) is 0 Å². The van der Waals surface area contributed by atoms with Gasteiger partial charge in [0.2, 0.25) is 11.8 Å². The van der Waals surface area contributed by atoms with Gasteiger partial charge in [-0.15, -0.1) is 0 Å². The molecule has 0 spiro atoms. The average molecular weight is 412 g/mol. The van der Waals surface area contributed by atoms with Gasteiger partial charge in [-0.2, -0.15) is 0 Å². The molecule has 1 aliphatic carbocycles. The minimum Gasteiger partial charge on any atom is -0.324 e. The van der Waals surface area contributed by atoms with Gasteiger partial charge in [0.1, 0.15) is 6.04 Å². The zero-order valence-electron chi connectivity index (χ0n) is 17.0. The molecule has 3 aliphatic rings. The molecule has 4 rings (SSSR count). The summed E-state index contributed by atoms with van der Waals surface area (Å²) in [4.78, 5) is 50.2. The predicted octanol–water partition coefficient (Wildman–Crippen LogP) is 1.23. The molecule has 0 aromatic heterocycles. The van der Waals surface area contributed by atoms with Crippen molar-refractivity contribution in [3.05, 3.63) is 34.9 Å². The third-order valence-corrected chi connectivity index (χ3v) is 6.41. The Kier molecular flexibility index (Phi) is 5.71. The number of nitrogens with two attached hydrogens (primary N) is 1. The van der Waals surface area contributed by atoms with Crippen molar-refractivity contribution in [2.75, 3.05) is 6.54 Å². The zero-order chi connectivity index (χ0) is 21.3. The van der Waals surface area contributed by atoms with E-state index in [1.54, 1.807) is 12.1 Å². The third-order valence-electron chi connectivity index (χ3n) is 6.41. The van der Waals surface area contributed by atoms with Crippen LogP contribution in [0.1, 0.15) is 77.6 Å². The molecule has 1 aromatic carbocycles. The highest BCUT2D eigenvalue weighted by atomic mass is 16.2. The molecule has 0 bridgehead atoms. The fourth-order valence-corrected chi connectivity index (χ4v) is 4.69. The van der Waals surface area contributed by atoms with E-state index in [4.69, 9.17) is 5.73 Å². The van der Waals surface area contributed by atoms with E-state index < -0.39 is 23.8 Å². The second-order valence-corrected chi connectivity index (χ2v) is 8.71. The van der Waals surface area contributed by atoms with E-state index >= 15 is 0 Å². The molecule has 1 unspecified atom stereocenters. The Hall–Kier alpha value is -2.58. The van der Waals surface area contributed by atoms with Gasteiger partial charge in [0.05, 0.1) is 11.1 Å². The number of imide groups is 2. The van der Waals surface area contributed by atoms with Gasteiger partial charge in [0, 0.05) is 25.0 Å². The summed E-state index contributed by atoms with van der Waals surface area (Å²) in [7, 11) is 0. The summed E-state index contributed by atoms with van der Waals surface area (Å²) in [6.07, 6.45) is 7.08. The Morgan fingerprint density at radius 2 is 1.73 bits per heavy atom. The number of rotatable bonds is 5. The quantitative estimate of drug-likeness (QED) is 0.494. The molecule has 1 saturated heterocycles. The van der Waals surface area contributed by atoms with Gasteiger partial charge >= 0.3 is 0 Å². The molecule has 160 valence electrons. The highest BCUT2D eigenvalue weighted by molar-refractivity contribution is 6.23. The highest BCUT2D eigenvalue weighted by Gasteiger charge is 2.44. The van der Waals surface area contributed by atoms with Crippen LogP contribution >= 0.6 is 0 Å². The number of piperidine rings is 1. The number of amides is 4. The van der Waals surface area contributed by atoms with Crippen LogP contribution in [0.15, 0.2) is 18.2 Å². The standard InChI is InChI=1S/C22H28N4O4/c23-22(9-3-1-2-4-10-22)13-24-12-14-5-6-15-16(11-14)21(30)26(20(15)29)17-7-8-18(27)25-19(17)28/h5-6,11,17,24H,1-4,7-10,12-13,23H2,(H,25,27,28). The summed E-state index contributed by atoms with van der Waals surface area (Å²) >= 11 is 0. The van der Waals surface area contributed by atoms with Gasteiger partial charge in [-0.3, -0.25) is 29.4 Å². The average Bonchev–Trinajstić information content (AvgIpc) is 2.85. The normalized spacial score (nSPS) is 23.9. The summed E-state index contributed by atoms with van der Waals surface area (Å²) in [5, 5.41) is 5.61. The molecule has 2 aliphatic heterocycles. The summed E-state index contributed by atoms with van der Waals surface area (Å²) in [6, 6.07) is 4.23. The Labute approximate surface area is 175 Å². The molecule has 4 N–H and O–H groups in total. The molecule has 1 saturated carbocycles. The van der Waals surface area contributed by atoms with E-state index in [9.17, 15) is 19.2 Å². The van der Waals surface area contributed by atoms with Crippen LogP contribution < -0.4 is 16.4 Å². The van der Waals surface area contributed by atoms with Crippen LogP contribution in [0.25, 0.3) is 0 Å². The monoisotopic (exact) mass is 412 g/mol. The largest absolute Gasteiger partial charge is 0.324 e. The lowest BCUT2D eigenvalue weighted by molar-refractivity contribution is -0.136. The van der Waals surface area contributed by atoms with Gasteiger partial charge in [-0.05, 0) is 37.0 Å². The van der Waals surface area contributed by atoms with Crippen molar-refractivity contribution in [3.63, 3.8) is 0 Å². The third kappa shape index (κ3) is 4.02. The maximum absolute atomic E-state index is 12.9. The number of hydrogen-bond donors (Lipinski definition) is 3. The molecular weight excluding hydrogens is 384 g/mol. The van der Waals surface area contributed by atoms with Crippen molar-refractivity contribution in [1.29, 1.82) is 0 Å². The summed E-state index contributed by atoms with van der Waals surface area (Å²) in [5.41, 5.74) is 7.85. The zero-order valence-corrected chi connectivity index (χ0v) is 17.0. The molecule has 2 heterocycles. The maximum Gasteiger partial charge on any atom is 0.262 e. The van der Waals surface area contributed by atoms with Gasteiger partial charge in [-0.1, -0.05) is 31.7 Å². The molecular formula is C22H28N4O4. The molecule has 4 amide bonds. The summed E-state index contributed by atoms with van der Waals surface area (Å²) in [5.74, 6) is -1.94. The van der Waals surface area contributed by atoms with E-state index in [1.807, 2.05) is 6.07 Å². The minimum absolute atomic E-state index is 0.111. The Morgan fingerprint density at radius 1 is 1.03 bits per heavy atom. The molecule has 8 heteroatoms. The second kappa shape index (κ2) is 8.28. The molecule has 8 nitrogen and oxygen atoms in total. The van der Waals surface area contributed by atoms with E-state index in [2.05, 4.69) is 10.6 Å². The van der Waals surface area contributed by atoms with E-state index in [1.165, 1.54) is 12.8 Å². The lowest BCUT2D eigenvalue weighted by atomic mass is 9.91. The van der Waals surface area contributed by atoms with Crippen LogP contribution in [0.4, 0.5) is 0 Å². The number of nitrogens with one attached hydrogen (secondary N) is 2. The molecule has 1 atom stereocenters. The van der Waals surface area contributed by atoms with Gasteiger partial charge in [-0.25, -0.2) is 0 Å². The smallest absolute Gasteiger partial charge is 0.262 e. The minimum atomic E-state index is -0.941. The first kappa shape index (κ1) is 20.7. The van der Waals surface area contributed by atoms with Crippen LogP contribution in [0.3, 0.4) is 0 Å². The topological polar surface area (TPSA) is 122 Å². The van der Waals surface area contributed by atoms with E-state index in [0.29, 0.717) is 24.2 Å². The van der Waals surface area contributed by atoms with Crippen LogP contribution in [0.5, 0.6) is 0 Å². The predicted molar refractivity (Wildman–Crippen MR) is 109 cm³/mol. The van der Waals surface area contributed by atoms with Crippen molar-refractivity contribution >= 4 is 23.6 Å². The van der Waals surface area contributed by atoms with Crippen LogP contribution in [0.2, 0.25) is 0 Å². The van der Waals surface area contributed by atoms with Crippen molar-refractivity contribution in [1.82, 2.24) is 15.5 Å². The van der Waals surface area contributed by atoms with E-state index in [-0.39, 0.29) is 24.3 Å². The second-order valence-electron chi connectivity index (χ2n) is 8.71. The molecule has 1 aromatic rings. The number of fused-ring (bicyclic) bond motifs is 1. The number of carbonyl (C=O) groups excluding carboxylic acids is 4. The fraction of sp³-hybridized carbons (Fsp3) is 0.545. The number of hydrogen-bond acceptors (Lipinski definition) is 6. The van der Waals surface area contributed by atoms with Crippen LogP contribution in [-0.2, 0) is 16.1 Å². The first-order valence-electron chi connectivity index (χ1n) is 10.7. The van der Waals surface area contributed by atoms with Crippen molar-refractivity contribution in [2.45, 2.75) is 69.5 Å². The van der Waals surface area contributed by atoms with Gasteiger partial charge in [0.15, 0.2) is 0 Å². The van der Waals surface area contributed by atoms with E-state index in [0.717, 1.165) is 36.1 Å². The van der Waals surface area contributed by atoms with Gasteiger partial charge in [0.25, 0.3) is 11.8 Å². The lowest BCUT2D eigenvalue weighted by Crippen LogP contribution is -2.54. The number of nitrogens with zero attached hydrogens (tertiary/aromatic N) is 1. The Bertz CT molecular complexity index is 889. The maximum atomic E-state index is 12.9. The Morgan fingerprint density at radius 3 is 2.43 bits per heavy atom. The van der Waals surface area contributed by atoms with Crippen LogP contribution in [0, 0.1) is 0 Å².